The monoisotopic (exact) mass is 242 g/mol. The van der Waals surface area contributed by atoms with Crippen molar-refractivity contribution in [2.75, 3.05) is 7.11 Å². The standard InChI is InChI=1S/C17H22O/c1-14-6-3-4-8-16(14)9-5-7-15-10-12-17(18-2)13-11-15/h5,7,10-13,16H,1,3-4,6,8-9H2,2H3/b7-5+. The molecular formula is C17H22O. The van der Waals surface area contributed by atoms with Crippen molar-refractivity contribution in [2.45, 2.75) is 32.1 Å². The number of allylic oxidation sites excluding steroid dienone is 2. The number of rotatable bonds is 4. The topological polar surface area (TPSA) is 9.23 Å². The fraction of sp³-hybridized carbons (Fsp3) is 0.412. The molecule has 0 N–H and O–H groups in total. The van der Waals surface area contributed by atoms with Crippen LogP contribution in [0, 0.1) is 5.92 Å². The lowest BCUT2D eigenvalue weighted by molar-refractivity contribution is 0.415. The fourth-order valence-electron chi connectivity index (χ4n) is 2.52. The van der Waals surface area contributed by atoms with Gasteiger partial charge in [0.1, 0.15) is 5.75 Å². The Balaban J connectivity index is 1.88. The molecule has 1 unspecified atom stereocenters. The maximum atomic E-state index is 5.15. The van der Waals surface area contributed by atoms with E-state index >= 15 is 0 Å². The lowest BCUT2D eigenvalue weighted by Crippen LogP contribution is -2.07. The summed E-state index contributed by atoms with van der Waals surface area (Å²) in [6, 6.07) is 8.18. The third kappa shape index (κ3) is 3.49. The third-order valence-electron chi connectivity index (χ3n) is 3.72. The largest absolute Gasteiger partial charge is 0.497 e. The first-order valence-electron chi connectivity index (χ1n) is 6.78. The van der Waals surface area contributed by atoms with Gasteiger partial charge in [-0.3, -0.25) is 0 Å². The van der Waals surface area contributed by atoms with Gasteiger partial charge in [-0.2, -0.15) is 0 Å². The zero-order valence-electron chi connectivity index (χ0n) is 11.2. The van der Waals surface area contributed by atoms with E-state index < -0.39 is 0 Å². The lowest BCUT2D eigenvalue weighted by Gasteiger charge is -2.23. The van der Waals surface area contributed by atoms with Crippen molar-refractivity contribution in [3.8, 4) is 5.75 Å². The second-order valence-electron chi connectivity index (χ2n) is 5.01. The van der Waals surface area contributed by atoms with Gasteiger partial charge >= 0.3 is 0 Å². The third-order valence-corrected chi connectivity index (χ3v) is 3.72. The summed E-state index contributed by atoms with van der Waals surface area (Å²) in [6.45, 7) is 4.19. The SMILES string of the molecule is C=C1CCCCC1C/C=C/c1ccc(OC)cc1. The van der Waals surface area contributed by atoms with E-state index in [1.165, 1.54) is 36.8 Å². The van der Waals surface area contributed by atoms with E-state index in [4.69, 9.17) is 4.74 Å². The molecule has 0 aliphatic heterocycles. The number of methoxy groups -OCH3 is 1. The molecule has 0 saturated heterocycles. The molecule has 0 heterocycles. The Morgan fingerprint density at radius 2 is 2.06 bits per heavy atom. The van der Waals surface area contributed by atoms with Crippen molar-refractivity contribution in [1.29, 1.82) is 0 Å². The normalized spacial score (nSPS) is 20.3. The van der Waals surface area contributed by atoms with E-state index in [1.54, 1.807) is 7.11 Å². The molecule has 1 aliphatic rings. The van der Waals surface area contributed by atoms with Crippen LogP contribution in [0.25, 0.3) is 6.08 Å². The van der Waals surface area contributed by atoms with Gasteiger partial charge in [-0.05, 0) is 49.3 Å². The van der Waals surface area contributed by atoms with Crippen molar-refractivity contribution < 1.29 is 4.74 Å². The summed E-state index contributed by atoms with van der Waals surface area (Å²) in [6.07, 6.45) is 10.8. The molecule has 1 heteroatoms. The molecule has 1 aliphatic carbocycles. The summed E-state index contributed by atoms with van der Waals surface area (Å²) in [5.41, 5.74) is 2.68. The van der Waals surface area contributed by atoms with Crippen LogP contribution in [0.1, 0.15) is 37.7 Å². The van der Waals surface area contributed by atoms with E-state index in [9.17, 15) is 0 Å². The Morgan fingerprint density at radius 3 is 2.72 bits per heavy atom. The van der Waals surface area contributed by atoms with E-state index in [1.807, 2.05) is 12.1 Å². The van der Waals surface area contributed by atoms with Crippen molar-refractivity contribution in [1.82, 2.24) is 0 Å². The molecule has 0 amide bonds. The number of hydrogen-bond donors (Lipinski definition) is 0. The van der Waals surface area contributed by atoms with Crippen LogP contribution in [0.4, 0.5) is 0 Å². The molecule has 1 nitrogen and oxygen atoms in total. The highest BCUT2D eigenvalue weighted by Gasteiger charge is 2.15. The van der Waals surface area contributed by atoms with E-state index in [0.717, 1.165) is 12.2 Å². The first-order chi connectivity index (χ1) is 8.79. The van der Waals surface area contributed by atoms with Gasteiger partial charge in [0.25, 0.3) is 0 Å². The Hall–Kier alpha value is -1.50. The van der Waals surface area contributed by atoms with Gasteiger partial charge in [0.2, 0.25) is 0 Å². The molecule has 1 fully saturated rings. The van der Waals surface area contributed by atoms with Crippen LogP contribution in [0.3, 0.4) is 0 Å². The molecule has 1 atom stereocenters. The Labute approximate surface area is 110 Å². The molecule has 18 heavy (non-hydrogen) atoms. The maximum absolute atomic E-state index is 5.15. The lowest BCUT2D eigenvalue weighted by atomic mass is 9.83. The summed E-state index contributed by atoms with van der Waals surface area (Å²) in [4.78, 5) is 0. The maximum Gasteiger partial charge on any atom is 0.118 e. The summed E-state index contributed by atoms with van der Waals surface area (Å²) < 4.78 is 5.15. The molecule has 1 saturated carbocycles. The minimum Gasteiger partial charge on any atom is -0.497 e. The van der Waals surface area contributed by atoms with Crippen molar-refractivity contribution in [2.24, 2.45) is 5.92 Å². The van der Waals surface area contributed by atoms with E-state index in [2.05, 4.69) is 30.9 Å². The molecule has 0 radical (unpaired) electrons. The molecule has 0 spiro atoms. The number of ether oxygens (including phenoxy) is 1. The second-order valence-corrected chi connectivity index (χ2v) is 5.01. The smallest absolute Gasteiger partial charge is 0.118 e. The molecule has 0 aromatic heterocycles. The van der Waals surface area contributed by atoms with Crippen molar-refractivity contribution >= 4 is 6.08 Å². The van der Waals surface area contributed by atoms with Crippen LogP contribution in [0.2, 0.25) is 0 Å². The van der Waals surface area contributed by atoms with Gasteiger partial charge in [-0.25, -0.2) is 0 Å². The predicted octanol–water partition coefficient (Wildman–Crippen LogP) is 4.84. The number of benzene rings is 1. The molecular weight excluding hydrogens is 220 g/mol. The molecule has 2 rings (SSSR count). The van der Waals surface area contributed by atoms with Crippen LogP contribution >= 0.6 is 0 Å². The van der Waals surface area contributed by atoms with E-state index in [0.29, 0.717) is 5.92 Å². The van der Waals surface area contributed by atoms with Crippen LogP contribution in [-0.2, 0) is 0 Å². The van der Waals surface area contributed by atoms with Crippen LogP contribution in [0.5, 0.6) is 5.75 Å². The molecule has 1 aromatic carbocycles. The fourth-order valence-corrected chi connectivity index (χ4v) is 2.52. The number of hydrogen-bond acceptors (Lipinski definition) is 1. The van der Waals surface area contributed by atoms with E-state index in [-0.39, 0.29) is 0 Å². The summed E-state index contributed by atoms with van der Waals surface area (Å²) in [5.74, 6) is 1.61. The average molecular weight is 242 g/mol. The summed E-state index contributed by atoms with van der Waals surface area (Å²) in [5, 5.41) is 0. The van der Waals surface area contributed by atoms with Gasteiger partial charge in [0.15, 0.2) is 0 Å². The van der Waals surface area contributed by atoms with Gasteiger partial charge in [0.05, 0.1) is 7.11 Å². The minimum atomic E-state index is 0.702. The zero-order valence-corrected chi connectivity index (χ0v) is 11.2. The first kappa shape index (κ1) is 12.9. The molecule has 1 aromatic rings. The Morgan fingerprint density at radius 1 is 1.28 bits per heavy atom. The minimum absolute atomic E-state index is 0.702. The van der Waals surface area contributed by atoms with Gasteiger partial charge in [-0.15, -0.1) is 0 Å². The molecule has 96 valence electrons. The van der Waals surface area contributed by atoms with Crippen molar-refractivity contribution in [3.05, 3.63) is 48.1 Å². The average Bonchev–Trinajstić information content (AvgIpc) is 2.42. The van der Waals surface area contributed by atoms with Crippen LogP contribution in [0.15, 0.2) is 42.5 Å². The first-order valence-corrected chi connectivity index (χ1v) is 6.78. The quantitative estimate of drug-likeness (QED) is 0.686. The van der Waals surface area contributed by atoms with Crippen LogP contribution < -0.4 is 4.74 Å². The van der Waals surface area contributed by atoms with Gasteiger partial charge in [-0.1, -0.05) is 42.9 Å². The van der Waals surface area contributed by atoms with Crippen LogP contribution in [-0.4, -0.2) is 7.11 Å². The van der Waals surface area contributed by atoms with Gasteiger partial charge in [0, 0.05) is 0 Å². The molecule has 0 bridgehead atoms. The zero-order chi connectivity index (χ0) is 12.8. The summed E-state index contributed by atoms with van der Waals surface area (Å²) >= 11 is 0. The van der Waals surface area contributed by atoms with Gasteiger partial charge < -0.3 is 4.74 Å². The highest BCUT2D eigenvalue weighted by molar-refractivity contribution is 5.50. The van der Waals surface area contributed by atoms with Crippen molar-refractivity contribution in [3.63, 3.8) is 0 Å². The highest BCUT2D eigenvalue weighted by atomic mass is 16.5. The summed E-state index contributed by atoms with van der Waals surface area (Å²) in [7, 11) is 1.69. The Kier molecular flexibility index (Phi) is 4.63. The Bertz CT molecular complexity index is 414. The highest BCUT2D eigenvalue weighted by Crippen LogP contribution is 2.30. The second kappa shape index (κ2) is 6.44. The predicted molar refractivity (Wildman–Crippen MR) is 77.7 cm³/mol.